The Hall–Kier alpha value is -1.62. The van der Waals surface area contributed by atoms with Gasteiger partial charge in [-0.2, -0.15) is 10.2 Å². The fraction of sp³-hybridized carbons (Fsp3) is 0.500. The van der Waals surface area contributed by atoms with E-state index >= 15 is 0 Å². The highest BCUT2D eigenvalue weighted by Gasteiger charge is 2.18. The molecule has 0 aliphatic carbocycles. The second-order valence-corrected chi connectivity index (χ2v) is 4.09. The summed E-state index contributed by atoms with van der Waals surface area (Å²) >= 11 is 0. The Morgan fingerprint density at radius 1 is 1.35 bits per heavy atom. The Labute approximate surface area is 101 Å². The number of aromatic nitrogens is 4. The molecule has 0 saturated heterocycles. The number of nitrogens with zero attached hydrogens (tertiary/aromatic N) is 4. The summed E-state index contributed by atoms with van der Waals surface area (Å²) in [5.74, 6) is 0. The van der Waals surface area contributed by atoms with Crippen LogP contribution in [0.5, 0.6) is 0 Å². The smallest absolute Gasteiger partial charge is 0.110 e. The minimum atomic E-state index is -0.640. The molecule has 0 saturated carbocycles. The van der Waals surface area contributed by atoms with E-state index in [2.05, 4.69) is 10.2 Å². The van der Waals surface area contributed by atoms with Gasteiger partial charge in [0, 0.05) is 37.1 Å². The average Bonchev–Trinajstić information content (AvgIpc) is 2.93. The molecule has 1 atom stereocenters. The average molecular weight is 234 g/mol. The summed E-state index contributed by atoms with van der Waals surface area (Å²) in [6, 6.07) is 0. The highest BCUT2D eigenvalue weighted by Crippen LogP contribution is 2.24. The molecule has 0 spiro atoms. The van der Waals surface area contributed by atoms with E-state index in [1.54, 1.807) is 15.6 Å². The third-order valence-electron chi connectivity index (χ3n) is 2.86. The zero-order chi connectivity index (χ0) is 12.4. The van der Waals surface area contributed by atoms with Crippen LogP contribution in [0.4, 0.5) is 0 Å². The van der Waals surface area contributed by atoms with Gasteiger partial charge in [-0.1, -0.05) is 6.92 Å². The predicted molar refractivity (Wildman–Crippen MR) is 64.5 cm³/mol. The van der Waals surface area contributed by atoms with Crippen LogP contribution >= 0.6 is 0 Å². The van der Waals surface area contributed by atoms with Gasteiger partial charge in [-0.05, 0) is 13.3 Å². The first kappa shape index (κ1) is 11.9. The second-order valence-electron chi connectivity index (χ2n) is 4.09. The lowest BCUT2D eigenvalue weighted by molar-refractivity contribution is 0.219. The number of hydrogen-bond donors (Lipinski definition) is 1. The van der Waals surface area contributed by atoms with Crippen molar-refractivity contribution in [2.24, 2.45) is 7.05 Å². The van der Waals surface area contributed by atoms with Gasteiger partial charge in [0.2, 0.25) is 0 Å². The molecule has 0 bridgehead atoms. The Morgan fingerprint density at radius 2 is 2.12 bits per heavy atom. The van der Waals surface area contributed by atoms with Crippen LogP contribution in [-0.4, -0.2) is 24.7 Å². The SMILES string of the molecule is CCc1nn(C)cc1C(O)c1cnn(CC)c1. The van der Waals surface area contributed by atoms with Crippen LogP contribution in [0.1, 0.15) is 36.8 Å². The molecule has 0 aromatic carbocycles. The van der Waals surface area contributed by atoms with E-state index in [-0.39, 0.29) is 0 Å². The van der Waals surface area contributed by atoms with Crippen LogP contribution in [-0.2, 0) is 20.0 Å². The van der Waals surface area contributed by atoms with Crippen molar-refractivity contribution in [3.8, 4) is 0 Å². The maximum atomic E-state index is 10.3. The maximum Gasteiger partial charge on any atom is 0.110 e. The molecule has 0 amide bonds. The van der Waals surface area contributed by atoms with Crippen LogP contribution in [0.15, 0.2) is 18.6 Å². The minimum Gasteiger partial charge on any atom is -0.383 e. The fourth-order valence-electron chi connectivity index (χ4n) is 1.93. The topological polar surface area (TPSA) is 55.9 Å². The van der Waals surface area contributed by atoms with Gasteiger partial charge < -0.3 is 5.11 Å². The zero-order valence-electron chi connectivity index (χ0n) is 10.5. The van der Waals surface area contributed by atoms with Crippen LogP contribution in [0.3, 0.4) is 0 Å². The van der Waals surface area contributed by atoms with Crippen LogP contribution in [0.2, 0.25) is 0 Å². The molecule has 2 rings (SSSR count). The molecule has 2 aromatic heterocycles. The Morgan fingerprint density at radius 3 is 2.71 bits per heavy atom. The molecule has 17 heavy (non-hydrogen) atoms. The number of aliphatic hydroxyl groups excluding tert-OH is 1. The van der Waals surface area contributed by atoms with Gasteiger partial charge in [0.1, 0.15) is 6.10 Å². The van der Waals surface area contributed by atoms with Crippen LogP contribution < -0.4 is 0 Å². The summed E-state index contributed by atoms with van der Waals surface area (Å²) in [6.07, 6.45) is 5.62. The quantitative estimate of drug-likeness (QED) is 0.867. The van der Waals surface area contributed by atoms with Crippen molar-refractivity contribution in [1.82, 2.24) is 19.6 Å². The minimum absolute atomic E-state index is 0.640. The van der Waals surface area contributed by atoms with Crippen LogP contribution in [0.25, 0.3) is 0 Å². The molecule has 5 nitrogen and oxygen atoms in total. The van der Waals surface area contributed by atoms with E-state index in [0.29, 0.717) is 0 Å². The normalized spacial score (nSPS) is 12.9. The number of rotatable bonds is 4. The highest BCUT2D eigenvalue weighted by molar-refractivity contribution is 5.28. The first-order valence-electron chi connectivity index (χ1n) is 5.88. The van der Waals surface area contributed by atoms with Gasteiger partial charge in [-0.25, -0.2) is 0 Å². The summed E-state index contributed by atoms with van der Waals surface area (Å²) in [6.45, 7) is 4.86. The van der Waals surface area contributed by atoms with Gasteiger partial charge in [0.05, 0.1) is 11.9 Å². The molecule has 1 unspecified atom stereocenters. The molecule has 2 aromatic rings. The van der Waals surface area contributed by atoms with Gasteiger partial charge >= 0.3 is 0 Å². The van der Waals surface area contributed by atoms with Crippen LogP contribution in [0, 0.1) is 0 Å². The lowest BCUT2D eigenvalue weighted by Gasteiger charge is -2.07. The van der Waals surface area contributed by atoms with Crippen molar-refractivity contribution in [3.05, 3.63) is 35.4 Å². The van der Waals surface area contributed by atoms with Gasteiger partial charge in [0.25, 0.3) is 0 Å². The summed E-state index contributed by atoms with van der Waals surface area (Å²) in [5.41, 5.74) is 2.62. The van der Waals surface area contributed by atoms with E-state index in [0.717, 1.165) is 29.8 Å². The van der Waals surface area contributed by atoms with E-state index in [1.807, 2.05) is 33.3 Å². The Bertz CT molecular complexity index is 500. The summed E-state index contributed by atoms with van der Waals surface area (Å²) in [7, 11) is 1.87. The fourth-order valence-corrected chi connectivity index (χ4v) is 1.93. The van der Waals surface area contributed by atoms with E-state index < -0.39 is 6.10 Å². The lowest BCUT2D eigenvalue weighted by Crippen LogP contribution is -2.01. The molecule has 0 fully saturated rings. The zero-order valence-corrected chi connectivity index (χ0v) is 10.5. The first-order valence-corrected chi connectivity index (χ1v) is 5.88. The molecular formula is C12H18N4O. The van der Waals surface area contributed by atoms with E-state index in [9.17, 15) is 5.11 Å². The third-order valence-corrected chi connectivity index (χ3v) is 2.86. The number of aliphatic hydroxyl groups is 1. The molecule has 0 aliphatic heterocycles. The standard InChI is InChI=1S/C12H18N4O/c1-4-11-10(8-15(3)14-11)12(17)9-6-13-16(5-2)7-9/h6-8,12,17H,4-5H2,1-3H3. The largest absolute Gasteiger partial charge is 0.383 e. The predicted octanol–water partition coefficient (Wildman–Crippen LogP) is 1.28. The van der Waals surface area contributed by atoms with Crippen molar-refractivity contribution in [2.75, 3.05) is 0 Å². The van der Waals surface area contributed by atoms with Crippen molar-refractivity contribution >= 4 is 0 Å². The molecular weight excluding hydrogens is 216 g/mol. The van der Waals surface area contributed by atoms with Crippen molar-refractivity contribution < 1.29 is 5.11 Å². The molecule has 5 heteroatoms. The van der Waals surface area contributed by atoms with E-state index in [1.165, 1.54) is 0 Å². The van der Waals surface area contributed by atoms with Gasteiger partial charge in [-0.15, -0.1) is 0 Å². The molecule has 92 valence electrons. The highest BCUT2D eigenvalue weighted by atomic mass is 16.3. The lowest BCUT2D eigenvalue weighted by atomic mass is 10.0. The summed E-state index contributed by atoms with van der Waals surface area (Å²) in [5, 5.41) is 18.8. The maximum absolute atomic E-state index is 10.3. The molecule has 0 radical (unpaired) electrons. The monoisotopic (exact) mass is 234 g/mol. The van der Waals surface area contributed by atoms with E-state index in [4.69, 9.17) is 0 Å². The molecule has 2 heterocycles. The first-order chi connectivity index (χ1) is 8.15. The van der Waals surface area contributed by atoms with Crippen molar-refractivity contribution in [2.45, 2.75) is 32.9 Å². The summed E-state index contributed by atoms with van der Waals surface area (Å²) < 4.78 is 3.54. The number of aryl methyl sites for hydroxylation is 3. The van der Waals surface area contributed by atoms with Crippen molar-refractivity contribution in [3.63, 3.8) is 0 Å². The number of hydrogen-bond acceptors (Lipinski definition) is 3. The van der Waals surface area contributed by atoms with Gasteiger partial charge in [-0.3, -0.25) is 9.36 Å². The summed E-state index contributed by atoms with van der Waals surface area (Å²) in [4.78, 5) is 0. The Kier molecular flexibility index (Phi) is 3.28. The Balaban J connectivity index is 2.32. The van der Waals surface area contributed by atoms with Crippen molar-refractivity contribution in [1.29, 1.82) is 0 Å². The molecule has 0 aliphatic rings. The second kappa shape index (κ2) is 4.71. The molecule has 1 N–H and O–H groups in total. The van der Waals surface area contributed by atoms with Gasteiger partial charge in [0.15, 0.2) is 0 Å². The third kappa shape index (κ3) is 2.24.